The molecule has 144 valence electrons. The van der Waals surface area contributed by atoms with Crippen LogP contribution in [0.3, 0.4) is 0 Å². The predicted octanol–water partition coefficient (Wildman–Crippen LogP) is 3.17. The molecule has 1 atom stereocenters. The number of carbonyl (C=O) groups excluding carboxylic acids is 1. The molecule has 1 aliphatic heterocycles. The van der Waals surface area contributed by atoms with Crippen LogP contribution < -0.4 is 14.4 Å². The smallest absolute Gasteiger partial charge is 0.241 e. The molecule has 0 aromatic heterocycles. The topological polar surface area (TPSA) is 75.7 Å². The molecule has 0 radical (unpaired) electrons. The van der Waals surface area contributed by atoms with Crippen LogP contribution in [-0.4, -0.2) is 28.0 Å². The van der Waals surface area contributed by atoms with Gasteiger partial charge in [-0.1, -0.05) is 29.8 Å². The number of ether oxygens (including phenoxy) is 1. The molecular formula is C20H24N2O4S. The summed E-state index contributed by atoms with van der Waals surface area (Å²) in [6, 6.07) is 11.9. The van der Waals surface area contributed by atoms with E-state index in [4.69, 9.17) is 4.74 Å². The Morgan fingerprint density at radius 2 is 1.85 bits per heavy atom. The quantitative estimate of drug-likeness (QED) is 0.825. The number of hydrogen-bond donors (Lipinski definition) is 1. The fourth-order valence-corrected chi connectivity index (χ4v) is 4.43. The number of aryl methyl sites for hydroxylation is 1. The number of hydrogen-bond acceptors (Lipinski definition) is 4. The fourth-order valence-electron chi connectivity index (χ4n) is 3.17. The van der Waals surface area contributed by atoms with Crippen LogP contribution in [0.1, 0.15) is 36.9 Å². The van der Waals surface area contributed by atoms with E-state index in [1.165, 1.54) is 19.2 Å². The second kappa shape index (κ2) is 7.70. The number of anilines is 1. The summed E-state index contributed by atoms with van der Waals surface area (Å²) < 4.78 is 33.8. The Kier molecular flexibility index (Phi) is 5.53. The summed E-state index contributed by atoms with van der Waals surface area (Å²) in [5.41, 5.74) is 2.49. The molecular weight excluding hydrogens is 364 g/mol. The lowest BCUT2D eigenvalue weighted by Gasteiger charge is -2.21. The highest BCUT2D eigenvalue weighted by Gasteiger charge is 2.27. The number of sulfonamides is 1. The predicted molar refractivity (Wildman–Crippen MR) is 104 cm³/mol. The molecule has 0 aliphatic carbocycles. The van der Waals surface area contributed by atoms with Gasteiger partial charge in [0.15, 0.2) is 0 Å². The fraction of sp³-hybridized carbons (Fsp3) is 0.350. The first-order valence-corrected chi connectivity index (χ1v) is 10.4. The molecule has 0 bridgehead atoms. The van der Waals surface area contributed by atoms with E-state index < -0.39 is 10.0 Å². The lowest BCUT2D eigenvalue weighted by atomic mass is 10.1. The van der Waals surface area contributed by atoms with Gasteiger partial charge in [0.1, 0.15) is 5.75 Å². The van der Waals surface area contributed by atoms with Crippen LogP contribution in [0.15, 0.2) is 47.4 Å². The van der Waals surface area contributed by atoms with Gasteiger partial charge in [-0.3, -0.25) is 4.79 Å². The molecule has 0 spiro atoms. The zero-order chi connectivity index (χ0) is 19.6. The van der Waals surface area contributed by atoms with Crippen LogP contribution in [0, 0.1) is 6.92 Å². The van der Waals surface area contributed by atoms with Crippen molar-refractivity contribution in [1.82, 2.24) is 4.72 Å². The van der Waals surface area contributed by atoms with Crippen LogP contribution in [0.2, 0.25) is 0 Å². The number of methoxy groups -OCH3 is 1. The van der Waals surface area contributed by atoms with Gasteiger partial charge in [-0.2, -0.15) is 0 Å². The highest BCUT2D eigenvalue weighted by molar-refractivity contribution is 7.89. The summed E-state index contributed by atoms with van der Waals surface area (Å²) >= 11 is 0. The number of benzene rings is 2. The van der Waals surface area contributed by atoms with Crippen molar-refractivity contribution in [3.05, 3.63) is 53.6 Å². The summed E-state index contributed by atoms with van der Waals surface area (Å²) in [5.74, 6) is 0.458. The number of nitrogens with zero attached hydrogens (tertiary/aromatic N) is 1. The molecule has 7 heteroatoms. The minimum atomic E-state index is -3.76. The average molecular weight is 388 g/mol. The first-order valence-electron chi connectivity index (χ1n) is 8.89. The van der Waals surface area contributed by atoms with E-state index in [2.05, 4.69) is 4.72 Å². The van der Waals surface area contributed by atoms with Crippen LogP contribution in [0.25, 0.3) is 0 Å². The van der Waals surface area contributed by atoms with Crippen molar-refractivity contribution in [3.63, 3.8) is 0 Å². The van der Waals surface area contributed by atoms with Crippen LogP contribution in [0.5, 0.6) is 5.75 Å². The lowest BCUT2D eigenvalue weighted by molar-refractivity contribution is -0.117. The van der Waals surface area contributed by atoms with Crippen LogP contribution in [-0.2, 0) is 14.8 Å². The number of rotatable bonds is 6. The molecule has 2 aromatic carbocycles. The van der Waals surface area contributed by atoms with Gasteiger partial charge >= 0.3 is 0 Å². The van der Waals surface area contributed by atoms with Gasteiger partial charge < -0.3 is 9.64 Å². The molecule has 2 aromatic rings. The first kappa shape index (κ1) is 19.4. The summed E-state index contributed by atoms with van der Waals surface area (Å²) in [6.07, 6.45) is 1.21. The molecule has 6 nitrogen and oxygen atoms in total. The highest BCUT2D eigenvalue weighted by Crippen LogP contribution is 2.34. The standard InChI is InChI=1S/C20H24N2O4S/c1-14-6-8-16(9-7-14)15(2)21-27(24,25)17-10-11-19(26-3)18(13-17)22-12-4-5-20(22)23/h6-11,13,15,21H,4-5,12H2,1-3H3/t15-/m1/s1. The zero-order valence-corrected chi connectivity index (χ0v) is 16.5. The molecule has 0 saturated carbocycles. The SMILES string of the molecule is COc1ccc(S(=O)(=O)N[C@H](C)c2ccc(C)cc2)cc1N1CCCC1=O. The largest absolute Gasteiger partial charge is 0.495 e. The maximum absolute atomic E-state index is 12.9. The van der Waals surface area contributed by atoms with Crippen molar-refractivity contribution in [2.24, 2.45) is 0 Å². The number of carbonyl (C=O) groups is 1. The number of nitrogens with one attached hydrogen (secondary N) is 1. The van der Waals surface area contributed by atoms with Crippen LogP contribution >= 0.6 is 0 Å². The second-order valence-electron chi connectivity index (χ2n) is 6.74. The van der Waals surface area contributed by atoms with E-state index >= 15 is 0 Å². The minimum absolute atomic E-state index is 0.0242. The van der Waals surface area contributed by atoms with Crippen molar-refractivity contribution < 1.29 is 17.9 Å². The third-order valence-electron chi connectivity index (χ3n) is 4.73. The number of amides is 1. The van der Waals surface area contributed by atoms with Gasteiger partial charge in [0.05, 0.1) is 17.7 Å². The Bertz CT molecular complexity index is 939. The Hall–Kier alpha value is -2.38. The lowest BCUT2D eigenvalue weighted by Crippen LogP contribution is -2.28. The minimum Gasteiger partial charge on any atom is -0.495 e. The van der Waals surface area contributed by atoms with Gasteiger partial charge in [0, 0.05) is 19.0 Å². The van der Waals surface area contributed by atoms with Gasteiger partial charge in [-0.05, 0) is 44.0 Å². The monoisotopic (exact) mass is 388 g/mol. The van der Waals surface area contributed by atoms with Gasteiger partial charge in [0.25, 0.3) is 0 Å². The Morgan fingerprint density at radius 1 is 1.15 bits per heavy atom. The van der Waals surface area contributed by atoms with Crippen molar-refractivity contribution in [1.29, 1.82) is 0 Å². The Morgan fingerprint density at radius 3 is 2.44 bits per heavy atom. The molecule has 27 heavy (non-hydrogen) atoms. The van der Waals surface area contributed by atoms with E-state index in [9.17, 15) is 13.2 Å². The van der Waals surface area contributed by atoms with Crippen molar-refractivity contribution in [2.75, 3.05) is 18.6 Å². The van der Waals surface area contributed by atoms with E-state index in [1.54, 1.807) is 17.9 Å². The van der Waals surface area contributed by atoms with Gasteiger partial charge in [-0.15, -0.1) is 0 Å². The van der Waals surface area contributed by atoms with Gasteiger partial charge in [-0.25, -0.2) is 13.1 Å². The molecule has 3 rings (SSSR count). The van der Waals surface area contributed by atoms with Crippen LogP contribution in [0.4, 0.5) is 5.69 Å². The molecule has 1 saturated heterocycles. The van der Waals surface area contributed by atoms with Crippen molar-refractivity contribution in [3.8, 4) is 5.75 Å². The maximum atomic E-state index is 12.9. The molecule has 1 fully saturated rings. The molecule has 1 aliphatic rings. The van der Waals surface area contributed by atoms with Crippen molar-refractivity contribution in [2.45, 2.75) is 37.6 Å². The Labute approximate surface area is 160 Å². The van der Waals surface area contributed by atoms with E-state index in [1.807, 2.05) is 31.2 Å². The third kappa shape index (κ3) is 4.14. The Balaban J connectivity index is 1.89. The summed E-state index contributed by atoms with van der Waals surface area (Å²) in [6.45, 7) is 4.35. The average Bonchev–Trinajstić information content (AvgIpc) is 3.07. The van der Waals surface area contributed by atoms with E-state index in [-0.39, 0.29) is 16.8 Å². The summed E-state index contributed by atoms with van der Waals surface area (Å²) in [5, 5.41) is 0. The summed E-state index contributed by atoms with van der Waals surface area (Å²) in [4.78, 5) is 13.8. The van der Waals surface area contributed by atoms with Gasteiger partial charge in [0.2, 0.25) is 15.9 Å². The molecule has 1 N–H and O–H groups in total. The molecule has 1 heterocycles. The normalized spacial score (nSPS) is 15.8. The van der Waals surface area contributed by atoms with Crippen molar-refractivity contribution >= 4 is 21.6 Å². The van der Waals surface area contributed by atoms with E-state index in [0.717, 1.165) is 17.5 Å². The zero-order valence-electron chi connectivity index (χ0n) is 15.7. The molecule has 0 unspecified atom stereocenters. The summed E-state index contributed by atoms with van der Waals surface area (Å²) in [7, 11) is -2.25. The van der Waals surface area contributed by atoms with E-state index in [0.29, 0.717) is 24.4 Å². The highest BCUT2D eigenvalue weighted by atomic mass is 32.2. The first-order chi connectivity index (χ1) is 12.8. The third-order valence-corrected chi connectivity index (χ3v) is 6.27. The second-order valence-corrected chi connectivity index (χ2v) is 8.45. The molecule has 1 amide bonds. The maximum Gasteiger partial charge on any atom is 0.241 e.